The summed E-state index contributed by atoms with van der Waals surface area (Å²) in [7, 11) is 2.00. The van der Waals surface area contributed by atoms with Gasteiger partial charge in [0.2, 0.25) is 0 Å². The number of hydrogen-bond donors (Lipinski definition) is 1. The Bertz CT molecular complexity index is 714. The van der Waals surface area contributed by atoms with Gasteiger partial charge in [-0.1, -0.05) is 12.1 Å². The van der Waals surface area contributed by atoms with Crippen LogP contribution in [0.5, 0.6) is 0 Å². The highest BCUT2D eigenvalue weighted by atomic mass is 32.1. The van der Waals surface area contributed by atoms with Gasteiger partial charge in [-0.05, 0) is 19.1 Å². The van der Waals surface area contributed by atoms with Crippen LogP contribution in [0.4, 0.5) is 5.69 Å². The maximum absolute atomic E-state index is 4.52. The van der Waals surface area contributed by atoms with Crippen molar-refractivity contribution in [2.45, 2.75) is 13.5 Å². The quantitative estimate of drug-likeness (QED) is 0.797. The lowest BCUT2D eigenvalue weighted by atomic mass is 10.1. The van der Waals surface area contributed by atoms with E-state index in [0.29, 0.717) is 0 Å². The molecule has 4 nitrogen and oxygen atoms in total. The number of hydrogen-bond acceptors (Lipinski definition) is 4. The highest BCUT2D eigenvalue weighted by Gasteiger charge is 2.03. The van der Waals surface area contributed by atoms with Gasteiger partial charge >= 0.3 is 0 Å². The summed E-state index contributed by atoms with van der Waals surface area (Å²) in [6.07, 6.45) is 3.69. The van der Waals surface area contributed by atoms with Crippen molar-refractivity contribution in [2.24, 2.45) is 7.05 Å². The third kappa shape index (κ3) is 2.72. The molecule has 1 aromatic carbocycles. The van der Waals surface area contributed by atoms with E-state index in [-0.39, 0.29) is 0 Å². The van der Waals surface area contributed by atoms with E-state index in [1.807, 2.05) is 31.1 Å². The molecule has 1 N–H and O–H groups in total. The first kappa shape index (κ1) is 12.9. The Balaban J connectivity index is 1.76. The first-order valence-electron chi connectivity index (χ1n) is 6.44. The van der Waals surface area contributed by atoms with Gasteiger partial charge in [0.05, 0.1) is 29.3 Å². The standard InChI is InChI=1S/C15H16N4S/c1-11-18-15(9-20-11)12-4-3-5-13(6-12)17-8-14-7-16-10-19(14)2/h3-7,9-10,17H,8H2,1-2H3. The zero-order valence-electron chi connectivity index (χ0n) is 11.5. The van der Waals surface area contributed by atoms with Crippen molar-refractivity contribution in [2.75, 3.05) is 5.32 Å². The molecule has 3 aromatic rings. The largest absolute Gasteiger partial charge is 0.379 e. The Hall–Kier alpha value is -2.14. The van der Waals surface area contributed by atoms with Gasteiger partial charge in [-0.15, -0.1) is 11.3 Å². The minimum absolute atomic E-state index is 0.760. The number of anilines is 1. The molecule has 0 aliphatic heterocycles. The van der Waals surface area contributed by atoms with E-state index >= 15 is 0 Å². The molecule has 5 heteroatoms. The molecule has 0 unspecified atom stereocenters. The topological polar surface area (TPSA) is 42.7 Å². The van der Waals surface area contributed by atoms with Crippen LogP contribution in [-0.4, -0.2) is 14.5 Å². The van der Waals surface area contributed by atoms with Crippen molar-refractivity contribution < 1.29 is 0 Å². The summed E-state index contributed by atoms with van der Waals surface area (Å²) >= 11 is 1.68. The Kier molecular flexibility index (Phi) is 3.52. The third-order valence-electron chi connectivity index (χ3n) is 3.17. The summed E-state index contributed by atoms with van der Waals surface area (Å²) in [5.74, 6) is 0. The van der Waals surface area contributed by atoms with Crippen molar-refractivity contribution >= 4 is 17.0 Å². The smallest absolute Gasteiger partial charge is 0.0946 e. The molecule has 20 heavy (non-hydrogen) atoms. The number of thiazole rings is 1. The second kappa shape index (κ2) is 5.46. The molecular formula is C15H16N4S. The number of aromatic nitrogens is 3. The number of imidazole rings is 1. The number of rotatable bonds is 4. The van der Waals surface area contributed by atoms with E-state index in [0.717, 1.165) is 34.2 Å². The lowest BCUT2D eigenvalue weighted by Crippen LogP contribution is -2.03. The van der Waals surface area contributed by atoms with Crippen LogP contribution in [0, 0.1) is 6.92 Å². The number of nitrogens with zero attached hydrogens (tertiary/aromatic N) is 3. The van der Waals surface area contributed by atoms with Crippen molar-refractivity contribution in [3.63, 3.8) is 0 Å². The summed E-state index contributed by atoms with van der Waals surface area (Å²) in [6.45, 7) is 2.79. The Labute approximate surface area is 122 Å². The van der Waals surface area contributed by atoms with Gasteiger partial charge < -0.3 is 9.88 Å². The number of aryl methyl sites for hydroxylation is 2. The predicted molar refractivity (Wildman–Crippen MR) is 82.8 cm³/mol. The Morgan fingerprint density at radius 1 is 1.35 bits per heavy atom. The van der Waals surface area contributed by atoms with Crippen LogP contribution < -0.4 is 5.32 Å². The maximum atomic E-state index is 4.52. The summed E-state index contributed by atoms with van der Waals surface area (Å²) in [6, 6.07) is 8.34. The van der Waals surface area contributed by atoms with Crippen LogP contribution in [0.25, 0.3) is 11.3 Å². The fraction of sp³-hybridized carbons (Fsp3) is 0.200. The number of nitrogens with one attached hydrogen (secondary N) is 1. The molecule has 2 heterocycles. The van der Waals surface area contributed by atoms with Gasteiger partial charge in [0.15, 0.2) is 0 Å². The van der Waals surface area contributed by atoms with Gasteiger partial charge in [0.25, 0.3) is 0 Å². The first-order chi connectivity index (χ1) is 9.72. The lowest BCUT2D eigenvalue weighted by Gasteiger charge is -2.08. The highest BCUT2D eigenvalue weighted by molar-refractivity contribution is 7.09. The molecule has 0 saturated heterocycles. The Morgan fingerprint density at radius 3 is 2.95 bits per heavy atom. The number of benzene rings is 1. The SMILES string of the molecule is Cc1nc(-c2cccc(NCc3cncn3C)c2)cs1. The van der Waals surface area contributed by atoms with Gasteiger partial charge in [0.1, 0.15) is 0 Å². The normalized spacial score (nSPS) is 10.7. The van der Waals surface area contributed by atoms with Crippen LogP contribution in [0.2, 0.25) is 0 Å². The van der Waals surface area contributed by atoms with E-state index in [1.54, 1.807) is 11.3 Å². The van der Waals surface area contributed by atoms with Crippen LogP contribution >= 0.6 is 11.3 Å². The molecule has 0 bridgehead atoms. The molecule has 2 aromatic heterocycles. The maximum Gasteiger partial charge on any atom is 0.0946 e. The molecular weight excluding hydrogens is 268 g/mol. The molecule has 0 saturated carbocycles. The summed E-state index contributed by atoms with van der Waals surface area (Å²) in [5, 5.41) is 6.60. The molecule has 0 radical (unpaired) electrons. The summed E-state index contributed by atoms with van der Waals surface area (Å²) < 4.78 is 2.01. The molecule has 0 fully saturated rings. The first-order valence-corrected chi connectivity index (χ1v) is 7.32. The predicted octanol–water partition coefficient (Wildman–Crippen LogP) is 3.46. The van der Waals surface area contributed by atoms with Crippen LogP contribution in [-0.2, 0) is 13.6 Å². The van der Waals surface area contributed by atoms with Crippen molar-refractivity contribution in [3.8, 4) is 11.3 Å². The molecule has 3 rings (SSSR count). The molecule has 0 aliphatic carbocycles. The van der Waals surface area contributed by atoms with Crippen LogP contribution in [0.3, 0.4) is 0 Å². The molecule has 0 atom stereocenters. The van der Waals surface area contributed by atoms with Crippen LogP contribution in [0.1, 0.15) is 10.7 Å². The lowest BCUT2D eigenvalue weighted by molar-refractivity contribution is 0.837. The second-order valence-corrected chi connectivity index (χ2v) is 5.74. The van der Waals surface area contributed by atoms with E-state index in [1.165, 1.54) is 0 Å². The molecule has 0 spiro atoms. The zero-order chi connectivity index (χ0) is 13.9. The minimum atomic E-state index is 0.760. The van der Waals surface area contributed by atoms with E-state index < -0.39 is 0 Å². The van der Waals surface area contributed by atoms with E-state index in [9.17, 15) is 0 Å². The van der Waals surface area contributed by atoms with Gasteiger partial charge in [-0.3, -0.25) is 0 Å². The molecule has 102 valence electrons. The molecule has 0 aliphatic rings. The van der Waals surface area contributed by atoms with Crippen molar-refractivity contribution in [1.82, 2.24) is 14.5 Å². The molecule has 0 amide bonds. The minimum Gasteiger partial charge on any atom is -0.379 e. The average Bonchev–Trinajstić information content (AvgIpc) is 3.06. The van der Waals surface area contributed by atoms with Gasteiger partial charge in [-0.2, -0.15) is 0 Å². The van der Waals surface area contributed by atoms with E-state index in [4.69, 9.17) is 0 Å². The fourth-order valence-corrected chi connectivity index (χ4v) is 2.65. The third-order valence-corrected chi connectivity index (χ3v) is 3.94. The van der Waals surface area contributed by atoms with E-state index in [2.05, 4.69) is 44.9 Å². The van der Waals surface area contributed by atoms with Crippen LogP contribution in [0.15, 0.2) is 42.2 Å². The average molecular weight is 284 g/mol. The highest BCUT2D eigenvalue weighted by Crippen LogP contribution is 2.24. The second-order valence-electron chi connectivity index (χ2n) is 4.68. The summed E-state index contributed by atoms with van der Waals surface area (Å²) in [5.41, 5.74) is 4.43. The van der Waals surface area contributed by atoms with Crippen molar-refractivity contribution in [3.05, 3.63) is 52.9 Å². The van der Waals surface area contributed by atoms with Gasteiger partial charge in [-0.25, -0.2) is 9.97 Å². The monoisotopic (exact) mass is 284 g/mol. The Morgan fingerprint density at radius 2 is 2.25 bits per heavy atom. The zero-order valence-corrected chi connectivity index (χ0v) is 12.3. The van der Waals surface area contributed by atoms with Gasteiger partial charge in [0, 0.05) is 29.9 Å². The summed E-state index contributed by atoms with van der Waals surface area (Å²) in [4.78, 5) is 8.64. The van der Waals surface area contributed by atoms with Crippen molar-refractivity contribution in [1.29, 1.82) is 0 Å². The fourth-order valence-electron chi connectivity index (χ4n) is 2.03.